The molecule has 0 aliphatic heterocycles. The first-order chi connectivity index (χ1) is 8.24. The van der Waals surface area contributed by atoms with Crippen LogP contribution in [0.4, 0.5) is 0 Å². The molecule has 0 saturated heterocycles. The monoisotopic (exact) mass is 230 g/mol. The van der Waals surface area contributed by atoms with E-state index < -0.39 is 0 Å². The van der Waals surface area contributed by atoms with Gasteiger partial charge in [0.2, 0.25) is 0 Å². The van der Waals surface area contributed by atoms with Gasteiger partial charge in [-0.25, -0.2) is 0 Å². The Kier molecular flexibility index (Phi) is 6.69. The Morgan fingerprint density at radius 2 is 1.82 bits per heavy atom. The molecule has 0 aliphatic rings. The summed E-state index contributed by atoms with van der Waals surface area (Å²) in [5, 5.41) is 0. The van der Waals surface area contributed by atoms with E-state index >= 15 is 0 Å². The highest BCUT2D eigenvalue weighted by atomic mass is 14.1. The highest BCUT2D eigenvalue weighted by Gasteiger charge is 2.01. The highest BCUT2D eigenvalue weighted by molar-refractivity contribution is 5.65. The van der Waals surface area contributed by atoms with Gasteiger partial charge in [0.1, 0.15) is 0 Å². The van der Waals surface area contributed by atoms with Gasteiger partial charge in [0.15, 0.2) is 0 Å². The van der Waals surface area contributed by atoms with Crippen LogP contribution in [0, 0.1) is 5.92 Å². The molecule has 0 amide bonds. The molecule has 0 unspecified atom stereocenters. The molecule has 0 spiro atoms. The summed E-state index contributed by atoms with van der Waals surface area (Å²) in [6.45, 7) is 6.83. The Balaban J connectivity index is 2.68. The average molecular weight is 230 g/mol. The Morgan fingerprint density at radius 3 is 2.41 bits per heavy atom. The van der Waals surface area contributed by atoms with Crippen LogP contribution in [-0.2, 0) is 0 Å². The first-order valence-corrected chi connectivity index (χ1v) is 6.98. The van der Waals surface area contributed by atoms with Crippen LogP contribution in [0.2, 0.25) is 0 Å². The number of hydrogen-bond acceptors (Lipinski definition) is 0. The van der Waals surface area contributed by atoms with E-state index in [4.69, 9.17) is 0 Å². The Hall–Kier alpha value is -1.04. The molecule has 0 aliphatic carbocycles. The first-order valence-electron chi connectivity index (χ1n) is 6.98. The number of unbranched alkanes of at least 4 members (excludes halogenated alkanes) is 2. The van der Waals surface area contributed by atoms with Crippen LogP contribution in [0.1, 0.15) is 58.4 Å². The van der Waals surface area contributed by atoms with Crippen LogP contribution in [0.3, 0.4) is 0 Å². The van der Waals surface area contributed by atoms with Crippen molar-refractivity contribution in [2.75, 3.05) is 0 Å². The molecule has 0 aromatic heterocycles. The van der Waals surface area contributed by atoms with Gasteiger partial charge in [-0.3, -0.25) is 0 Å². The molecule has 0 nitrogen and oxygen atoms in total. The molecular formula is C17H26. The normalized spacial score (nSPS) is 12.1. The van der Waals surface area contributed by atoms with Crippen LogP contribution < -0.4 is 0 Å². The molecule has 17 heavy (non-hydrogen) atoms. The molecule has 0 radical (unpaired) electrons. The van der Waals surface area contributed by atoms with E-state index in [1.807, 2.05) is 0 Å². The molecule has 1 aromatic rings. The average Bonchev–Trinajstić information content (AvgIpc) is 2.34. The van der Waals surface area contributed by atoms with Gasteiger partial charge in [0.05, 0.1) is 0 Å². The second-order valence-corrected chi connectivity index (χ2v) is 5.18. The number of rotatable bonds is 7. The van der Waals surface area contributed by atoms with E-state index in [0.29, 0.717) is 0 Å². The summed E-state index contributed by atoms with van der Waals surface area (Å²) in [4.78, 5) is 0. The van der Waals surface area contributed by atoms with Crippen molar-refractivity contribution < 1.29 is 0 Å². The third-order valence-corrected chi connectivity index (χ3v) is 3.03. The zero-order valence-corrected chi connectivity index (χ0v) is 11.6. The Morgan fingerprint density at radius 1 is 1.12 bits per heavy atom. The van der Waals surface area contributed by atoms with Crippen LogP contribution in [-0.4, -0.2) is 0 Å². The van der Waals surface area contributed by atoms with E-state index in [1.54, 1.807) is 0 Å². The maximum Gasteiger partial charge on any atom is -0.0228 e. The van der Waals surface area contributed by atoms with Crippen LogP contribution in [0.25, 0.3) is 5.57 Å². The number of allylic oxidation sites excluding steroid dienone is 2. The van der Waals surface area contributed by atoms with Gasteiger partial charge < -0.3 is 0 Å². The molecule has 0 fully saturated rings. The minimum atomic E-state index is 0.750. The fraction of sp³-hybridized carbons (Fsp3) is 0.529. The molecule has 0 heteroatoms. The summed E-state index contributed by atoms with van der Waals surface area (Å²) >= 11 is 0. The highest BCUT2D eigenvalue weighted by Crippen LogP contribution is 2.22. The molecule has 94 valence electrons. The Labute approximate surface area is 107 Å². The second-order valence-electron chi connectivity index (χ2n) is 5.18. The quantitative estimate of drug-likeness (QED) is 0.527. The van der Waals surface area contributed by atoms with Crippen molar-refractivity contribution in [3.05, 3.63) is 42.0 Å². The summed E-state index contributed by atoms with van der Waals surface area (Å²) in [5.74, 6) is 0.750. The molecule has 0 atom stereocenters. The predicted octanol–water partition coefficient (Wildman–Crippen LogP) is 5.70. The smallest absolute Gasteiger partial charge is 0.0228 e. The van der Waals surface area contributed by atoms with E-state index in [1.165, 1.54) is 43.2 Å². The number of benzene rings is 1. The number of hydrogen-bond donors (Lipinski definition) is 0. The van der Waals surface area contributed by atoms with Crippen molar-refractivity contribution in [1.82, 2.24) is 0 Å². The van der Waals surface area contributed by atoms with Crippen LogP contribution >= 0.6 is 0 Å². The first kappa shape index (κ1) is 14.0. The topological polar surface area (TPSA) is 0 Å². The van der Waals surface area contributed by atoms with Gasteiger partial charge in [-0.2, -0.15) is 0 Å². The lowest BCUT2D eigenvalue weighted by atomic mass is 9.97. The molecule has 1 rings (SSSR count). The standard InChI is InChI=1S/C17H26/c1-4-5-7-10-17(14-13-15(2)3)16-11-8-6-9-12-16/h6,8-9,11-12,14-15H,4-5,7,10,13H2,1-3H3. The summed E-state index contributed by atoms with van der Waals surface area (Å²) in [5.41, 5.74) is 2.94. The largest absolute Gasteiger partial charge is 0.0805 e. The minimum Gasteiger partial charge on any atom is -0.0805 e. The van der Waals surface area contributed by atoms with E-state index in [-0.39, 0.29) is 0 Å². The molecule has 0 N–H and O–H groups in total. The van der Waals surface area contributed by atoms with Gasteiger partial charge in [0.25, 0.3) is 0 Å². The van der Waals surface area contributed by atoms with Gasteiger partial charge in [-0.1, -0.05) is 70.0 Å². The fourth-order valence-corrected chi connectivity index (χ4v) is 1.96. The van der Waals surface area contributed by atoms with E-state index in [2.05, 4.69) is 57.2 Å². The van der Waals surface area contributed by atoms with Gasteiger partial charge in [0, 0.05) is 0 Å². The fourth-order valence-electron chi connectivity index (χ4n) is 1.96. The van der Waals surface area contributed by atoms with Gasteiger partial charge >= 0.3 is 0 Å². The SMILES string of the molecule is CCCCCC(=CCC(C)C)c1ccccc1. The lowest BCUT2D eigenvalue weighted by molar-refractivity contribution is 0.661. The maximum atomic E-state index is 2.44. The van der Waals surface area contributed by atoms with Crippen molar-refractivity contribution >= 4 is 5.57 Å². The van der Waals surface area contributed by atoms with Crippen LogP contribution in [0.15, 0.2) is 36.4 Å². The maximum absolute atomic E-state index is 2.44. The van der Waals surface area contributed by atoms with Gasteiger partial charge in [-0.05, 0) is 36.3 Å². The Bertz CT molecular complexity index is 319. The second kappa shape index (κ2) is 8.11. The third-order valence-electron chi connectivity index (χ3n) is 3.03. The summed E-state index contributed by atoms with van der Waals surface area (Å²) in [6.07, 6.45) is 8.81. The van der Waals surface area contributed by atoms with Crippen molar-refractivity contribution in [3.63, 3.8) is 0 Å². The van der Waals surface area contributed by atoms with Crippen molar-refractivity contribution in [3.8, 4) is 0 Å². The minimum absolute atomic E-state index is 0.750. The third kappa shape index (κ3) is 5.72. The summed E-state index contributed by atoms with van der Waals surface area (Å²) < 4.78 is 0. The summed E-state index contributed by atoms with van der Waals surface area (Å²) in [6, 6.07) is 10.8. The van der Waals surface area contributed by atoms with E-state index in [9.17, 15) is 0 Å². The van der Waals surface area contributed by atoms with Crippen molar-refractivity contribution in [1.29, 1.82) is 0 Å². The van der Waals surface area contributed by atoms with Crippen LogP contribution in [0.5, 0.6) is 0 Å². The van der Waals surface area contributed by atoms with Crippen molar-refractivity contribution in [2.45, 2.75) is 52.9 Å². The summed E-state index contributed by atoms with van der Waals surface area (Å²) in [7, 11) is 0. The molecular weight excluding hydrogens is 204 g/mol. The molecule has 0 bridgehead atoms. The lowest BCUT2D eigenvalue weighted by Crippen LogP contribution is -1.89. The zero-order chi connectivity index (χ0) is 12.5. The van der Waals surface area contributed by atoms with E-state index in [0.717, 1.165) is 5.92 Å². The molecule has 0 saturated carbocycles. The van der Waals surface area contributed by atoms with Crippen molar-refractivity contribution in [2.24, 2.45) is 5.92 Å². The predicted molar refractivity (Wildman–Crippen MR) is 78.0 cm³/mol. The molecule has 1 aromatic carbocycles. The lowest BCUT2D eigenvalue weighted by Gasteiger charge is -2.09. The van der Waals surface area contributed by atoms with Gasteiger partial charge in [-0.15, -0.1) is 0 Å². The zero-order valence-electron chi connectivity index (χ0n) is 11.6. The molecule has 0 heterocycles.